The van der Waals surface area contributed by atoms with E-state index in [1.165, 1.54) is 11.3 Å². The van der Waals surface area contributed by atoms with Crippen LogP contribution in [0, 0.1) is 0 Å². The number of aromatic nitrogens is 3. The fourth-order valence-electron chi connectivity index (χ4n) is 5.16. The molecule has 0 aliphatic carbocycles. The fraction of sp³-hybridized carbons (Fsp3) is 0.500. The summed E-state index contributed by atoms with van der Waals surface area (Å²) in [5.41, 5.74) is 2.17. The van der Waals surface area contributed by atoms with Gasteiger partial charge in [-0.3, -0.25) is 14.5 Å². The molecule has 0 radical (unpaired) electrons. The van der Waals surface area contributed by atoms with Crippen LogP contribution in [0.2, 0.25) is 0 Å². The lowest BCUT2D eigenvalue weighted by molar-refractivity contribution is -0.0387. The van der Waals surface area contributed by atoms with Gasteiger partial charge in [-0.2, -0.15) is 0 Å². The summed E-state index contributed by atoms with van der Waals surface area (Å²) < 4.78 is 16.9. The van der Waals surface area contributed by atoms with Gasteiger partial charge in [-0.05, 0) is 30.2 Å². The Morgan fingerprint density at radius 3 is 2.72 bits per heavy atom. The van der Waals surface area contributed by atoms with E-state index < -0.39 is 0 Å². The summed E-state index contributed by atoms with van der Waals surface area (Å²) in [6, 6.07) is 7.90. The van der Waals surface area contributed by atoms with Crippen LogP contribution in [0.4, 0.5) is 10.8 Å². The second kappa shape index (κ2) is 15.2. The molecule has 2 saturated heterocycles. The molecule has 0 unspecified atom stereocenters. The predicted molar refractivity (Wildman–Crippen MR) is 164 cm³/mol. The molecule has 2 aromatic heterocycles. The smallest absolute Gasteiger partial charge is 0.316 e. The Morgan fingerprint density at radius 2 is 1.95 bits per heavy atom. The van der Waals surface area contributed by atoms with Crippen molar-refractivity contribution in [3.05, 3.63) is 58.9 Å². The summed E-state index contributed by atoms with van der Waals surface area (Å²) in [7, 11) is 1.69. The van der Waals surface area contributed by atoms with E-state index in [1.807, 2.05) is 19.1 Å². The van der Waals surface area contributed by atoms with E-state index >= 15 is 0 Å². The lowest BCUT2D eigenvalue weighted by atomic mass is 10.1. The number of benzene rings is 1. The van der Waals surface area contributed by atoms with Crippen LogP contribution < -0.4 is 20.3 Å². The monoisotopic (exact) mass is 609 g/mol. The molecule has 2 aliphatic heterocycles. The first-order chi connectivity index (χ1) is 21.0. The highest BCUT2D eigenvalue weighted by Gasteiger charge is 2.26. The molecule has 1 atom stereocenters. The fourth-order valence-corrected chi connectivity index (χ4v) is 6.02. The molecule has 2 amide bonds. The molecule has 3 aromatic rings. The molecule has 43 heavy (non-hydrogen) atoms. The number of anilines is 2. The number of carbonyl (C=O) groups is 2. The van der Waals surface area contributed by atoms with Crippen LogP contribution in [0.15, 0.2) is 42.0 Å². The van der Waals surface area contributed by atoms with Crippen molar-refractivity contribution < 1.29 is 23.8 Å². The molecular formula is C30H39N7O5S. The van der Waals surface area contributed by atoms with Gasteiger partial charge in [0.1, 0.15) is 11.8 Å². The van der Waals surface area contributed by atoms with Crippen LogP contribution in [-0.2, 0) is 16.0 Å². The number of nitrogens with zero attached hydrogens (tertiary/aromatic N) is 5. The molecule has 1 aromatic carbocycles. The number of nitrogens with one attached hydrogen (secondary N) is 2. The summed E-state index contributed by atoms with van der Waals surface area (Å²) in [4.78, 5) is 43.8. The maximum atomic E-state index is 13.3. The third-order valence-corrected chi connectivity index (χ3v) is 8.36. The molecule has 2 fully saturated rings. The predicted octanol–water partition coefficient (Wildman–Crippen LogP) is 3.22. The average Bonchev–Trinajstić information content (AvgIpc) is 3.53. The van der Waals surface area contributed by atoms with Crippen LogP contribution in [0.1, 0.15) is 52.6 Å². The number of ether oxygens (including phenoxy) is 3. The lowest BCUT2D eigenvalue weighted by Gasteiger charge is -2.35. The standard InChI is InChI=1S/C30H39N7O5S/c1-3-9-31-27(38)24-16-21(17-37-14-15-41-19-22(37)18-40-2)5-6-25(24)34-28(39)26-20-43-30(35-26)36-12-7-23(8-13-36)42-29-32-10-4-11-33-29/h4-6,10-11,16,20,22-23H,3,7-9,12-15,17-19H2,1-2H3,(H,31,38)(H,34,39)/t22-/m0/s1. The van der Waals surface area contributed by atoms with Crippen molar-refractivity contribution in [1.82, 2.24) is 25.2 Å². The number of methoxy groups -OCH3 is 1. The van der Waals surface area contributed by atoms with Crippen LogP contribution in [0.3, 0.4) is 0 Å². The summed E-state index contributed by atoms with van der Waals surface area (Å²) in [5, 5.41) is 8.42. The number of carbonyl (C=O) groups excluding carboxylic acids is 2. The van der Waals surface area contributed by atoms with E-state index in [2.05, 4.69) is 35.4 Å². The first-order valence-corrected chi connectivity index (χ1v) is 15.6. The number of thiazole rings is 1. The van der Waals surface area contributed by atoms with Gasteiger partial charge in [0.15, 0.2) is 5.13 Å². The van der Waals surface area contributed by atoms with E-state index in [-0.39, 0.29) is 24.0 Å². The first-order valence-electron chi connectivity index (χ1n) is 14.7. The maximum Gasteiger partial charge on any atom is 0.316 e. The number of piperidine rings is 1. The molecule has 0 bridgehead atoms. The van der Waals surface area contributed by atoms with Gasteiger partial charge >= 0.3 is 6.01 Å². The van der Waals surface area contributed by atoms with Gasteiger partial charge in [0.25, 0.3) is 11.8 Å². The summed E-state index contributed by atoms with van der Waals surface area (Å²) in [6.45, 7) is 7.32. The zero-order valence-corrected chi connectivity index (χ0v) is 25.5. The van der Waals surface area contributed by atoms with Crippen LogP contribution >= 0.6 is 11.3 Å². The molecule has 12 nitrogen and oxygen atoms in total. The van der Waals surface area contributed by atoms with Crippen LogP contribution in [-0.4, -0.2) is 96.9 Å². The van der Waals surface area contributed by atoms with Gasteiger partial charge in [-0.1, -0.05) is 13.0 Å². The quantitative estimate of drug-likeness (QED) is 0.316. The molecule has 2 N–H and O–H groups in total. The van der Waals surface area contributed by atoms with Crippen molar-refractivity contribution in [2.45, 2.75) is 44.9 Å². The zero-order chi connectivity index (χ0) is 30.0. The molecule has 13 heteroatoms. The highest BCUT2D eigenvalue weighted by Crippen LogP contribution is 2.27. The second-order valence-electron chi connectivity index (χ2n) is 10.6. The van der Waals surface area contributed by atoms with Crippen molar-refractivity contribution in [2.24, 2.45) is 0 Å². The van der Waals surface area contributed by atoms with Crippen molar-refractivity contribution in [3.63, 3.8) is 0 Å². The maximum absolute atomic E-state index is 13.3. The largest absolute Gasteiger partial charge is 0.460 e. The molecule has 4 heterocycles. The van der Waals surface area contributed by atoms with Gasteiger partial charge in [0.2, 0.25) is 0 Å². The molecule has 5 rings (SSSR count). The Kier molecular flexibility index (Phi) is 10.9. The van der Waals surface area contributed by atoms with E-state index in [4.69, 9.17) is 14.2 Å². The topological polar surface area (TPSA) is 131 Å². The third kappa shape index (κ3) is 8.25. The van der Waals surface area contributed by atoms with Gasteiger partial charge in [0, 0.05) is 70.4 Å². The second-order valence-corrected chi connectivity index (χ2v) is 11.4. The average molecular weight is 610 g/mol. The first kappa shape index (κ1) is 30.8. The van der Waals surface area contributed by atoms with Crippen molar-refractivity contribution in [2.75, 3.05) is 63.3 Å². The van der Waals surface area contributed by atoms with Crippen LogP contribution in [0.5, 0.6) is 6.01 Å². The molecular weight excluding hydrogens is 570 g/mol. The molecule has 0 spiro atoms. The Labute approximate surface area is 255 Å². The van der Waals surface area contributed by atoms with Gasteiger partial charge in [-0.25, -0.2) is 15.0 Å². The SMILES string of the molecule is CCCNC(=O)c1cc(CN2CCOC[C@@H]2COC)ccc1NC(=O)c1csc(N2CCC(Oc3ncccn3)CC2)n1. The minimum Gasteiger partial charge on any atom is -0.460 e. The van der Waals surface area contributed by atoms with Crippen molar-refractivity contribution in [1.29, 1.82) is 0 Å². The minimum atomic E-state index is -0.354. The Balaban J connectivity index is 1.23. The van der Waals surface area contributed by atoms with Gasteiger partial charge < -0.3 is 29.7 Å². The van der Waals surface area contributed by atoms with Crippen LogP contribution in [0.25, 0.3) is 0 Å². The summed E-state index contributed by atoms with van der Waals surface area (Å²) in [5.74, 6) is -0.577. The highest BCUT2D eigenvalue weighted by atomic mass is 32.1. The highest BCUT2D eigenvalue weighted by molar-refractivity contribution is 7.14. The zero-order valence-electron chi connectivity index (χ0n) is 24.7. The molecule has 2 aliphatic rings. The number of amides is 2. The summed E-state index contributed by atoms with van der Waals surface area (Å²) >= 11 is 1.43. The molecule has 230 valence electrons. The number of hydrogen-bond acceptors (Lipinski definition) is 11. The van der Waals surface area contributed by atoms with E-state index in [1.54, 1.807) is 37.0 Å². The van der Waals surface area contributed by atoms with Gasteiger partial charge in [0.05, 0.1) is 37.1 Å². The Bertz CT molecular complexity index is 1350. The van der Waals surface area contributed by atoms with E-state index in [0.717, 1.165) is 49.6 Å². The number of morpholine rings is 1. The van der Waals surface area contributed by atoms with E-state index in [0.29, 0.717) is 55.9 Å². The third-order valence-electron chi connectivity index (χ3n) is 7.46. The minimum absolute atomic E-state index is 0.0377. The lowest BCUT2D eigenvalue weighted by Crippen LogP contribution is -2.47. The number of hydrogen-bond donors (Lipinski definition) is 2. The van der Waals surface area contributed by atoms with E-state index in [9.17, 15) is 9.59 Å². The summed E-state index contributed by atoms with van der Waals surface area (Å²) in [6.07, 6.45) is 5.79. The van der Waals surface area contributed by atoms with Crippen molar-refractivity contribution >= 4 is 34.0 Å². The Morgan fingerprint density at radius 1 is 1.14 bits per heavy atom. The Hall–Kier alpha value is -3.65. The molecule has 0 saturated carbocycles. The number of rotatable bonds is 12. The normalized spacial score (nSPS) is 17.9. The van der Waals surface area contributed by atoms with Gasteiger partial charge in [-0.15, -0.1) is 11.3 Å². The van der Waals surface area contributed by atoms with Crippen molar-refractivity contribution in [3.8, 4) is 6.01 Å².